The minimum atomic E-state index is -1.38. The van der Waals surface area contributed by atoms with E-state index in [9.17, 15) is 47.9 Å². The fraction of sp³-hybridized carbons (Fsp3) is 0.619. The molecule has 6 unspecified atom stereocenters. The van der Waals surface area contributed by atoms with Crippen LogP contribution in [0.5, 0.6) is 0 Å². The number of carbonyl (C=O) groups is 10. The molecule has 23 nitrogen and oxygen atoms in total. The second kappa shape index (κ2) is 31.1. The Balaban J connectivity index is 0.00000131. The van der Waals surface area contributed by atoms with Crippen molar-refractivity contribution < 1.29 is 95.3 Å². The normalized spacial score (nSPS) is 22.0. The number of allylic oxidation sites excluding steroid dienone is 3. The van der Waals surface area contributed by atoms with Crippen LogP contribution in [-0.4, -0.2) is 145 Å². The van der Waals surface area contributed by atoms with Crippen molar-refractivity contribution in [3.63, 3.8) is 0 Å². The number of esters is 6. The summed E-state index contributed by atoms with van der Waals surface area (Å²) in [7, 11) is 0. The molecule has 6 atom stereocenters. The monoisotopic (exact) mass is 997 g/mol. The van der Waals surface area contributed by atoms with Gasteiger partial charge in [-0.05, 0) is 40.0 Å². The van der Waals surface area contributed by atoms with Crippen molar-refractivity contribution in [2.75, 3.05) is 85.7 Å². The third-order valence-corrected chi connectivity index (χ3v) is 9.75. The van der Waals surface area contributed by atoms with Crippen molar-refractivity contribution in [3.05, 3.63) is 38.0 Å². The SMILES string of the molecule is C.C=CC1CC1(C(=O)OCC)C(=O)OCCN.C=CC1CC1(C(=O)OCC)C(=O)OCCNC(=O)OCCOC(=O)NCCOC(=O)C1(C(=O)OCC)CC1C=C.O=C(Cl)OCCOC(=O)Cl. The van der Waals surface area contributed by atoms with Gasteiger partial charge in [0.15, 0.2) is 16.2 Å². The minimum absolute atomic E-state index is 0. The summed E-state index contributed by atoms with van der Waals surface area (Å²) in [5.41, 5.74) is -0.570. The van der Waals surface area contributed by atoms with Gasteiger partial charge in [-0.3, -0.25) is 28.8 Å². The van der Waals surface area contributed by atoms with E-state index in [2.05, 4.69) is 39.8 Å². The van der Waals surface area contributed by atoms with Crippen molar-refractivity contribution in [1.82, 2.24) is 10.6 Å². The molecular weight excluding hydrogens is 937 g/mol. The number of hydrogen-bond donors (Lipinski definition) is 3. The quantitative estimate of drug-likeness (QED) is 0.0278. The molecule has 2 amide bonds. The van der Waals surface area contributed by atoms with Gasteiger partial charge in [0.2, 0.25) is 0 Å². The predicted octanol–water partition coefficient (Wildman–Crippen LogP) is 3.65. The van der Waals surface area contributed by atoms with Crippen molar-refractivity contribution >= 4 is 82.1 Å². The number of rotatable bonds is 26. The zero-order valence-electron chi connectivity index (χ0n) is 36.9. The number of nitrogens with one attached hydrogen (secondary N) is 2. The van der Waals surface area contributed by atoms with E-state index in [1.54, 1.807) is 26.8 Å². The van der Waals surface area contributed by atoms with Crippen LogP contribution in [-0.2, 0) is 76.1 Å². The van der Waals surface area contributed by atoms with E-state index in [0.29, 0.717) is 6.42 Å². The number of ether oxygens (including phenoxy) is 10. The average molecular weight is 999 g/mol. The van der Waals surface area contributed by atoms with E-state index in [1.807, 2.05) is 0 Å². The Kier molecular flexibility index (Phi) is 28.4. The van der Waals surface area contributed by atoms with Crippen molar-refractivity contribution in [2.24, 2.45) is 39.7 Å². The number of alkyl carbamates (subject to hydrolysis) is 2. The molecule has 3 fully saturated rings. The fourth-order valence-corrected chi connectivity index (χ4v) is 6.06. The first-order valence-corrected chi connectivity index (χ1v) is 21.2. The van der Waals surface area contributed by atoms with Gasteiger partial charge >= 0.3 is 58.9 Å². The third kappa shape index (κ3) is 18.7. The van der Waals surface area contributed by atoms with E-state index in [1.165, 1.54) is 12.2 Å². The smallest absolute Gasteiger partial charge is 0.407 e. The molecule has 0 saturated heterocycles. The molecule has 0 aromatic carbocycles. The highest BCUT2D eigenvalue weighted by Gasteiger charge is 2.68. The summed E-state index contributed by atoms with van der Waals surface area (Å²) >= 11 is 9.52. The van der Waals surface area contributed by atoms with Gasteiger partial charge in [0.25, 0.3) is 0 Å². The fourth-order valence-electron chi connectivity index (χ4n) is 5.90. The molecule has 3 saturated carbocycles. The van der Waals surface area contributed by atoms with Crippen LogP contribution in [0.25, 0.3) is 0 Å². The van der Waals surface area contributed by atoms with Crippen LogP contribution < -0.4 is 16.4 Å². The van der Waals surface area contributed by atoms with Crippen LogP contribution in [0, 0.1) is 34.0 Å². The topological polar surface area (TPSA) is 313 Å². The Labute approximate surface area is 397 Å². The predicted molar refractivity (Wildman–Crippen MR) is 234 cm³/mol. The summed E-state index contributed by atoms with van der Waals surface area (Å²) in [6, 6.07) is 0. The van der Waals surface area contributed by atoms with Gasteiger partial charge in [-0.25, -0.2) is 19.2 Å². The maximum Gasteiger partial charge on any atom is 0.407 e. The summed E-state index contributed by atoms with van der Waals surface area (Å²) in [6.45, 7) is 15.4. The van der Waals surface area contributed by atoms with E-state index >= 15 is 0 Å². The summed E-state index contributed by atoms with van der Waals surface area (Å²) in [6.07, 6.45) is 3.84. The molecule has 3 aliphatic carbocycles. The standard InChI is InChI=1S/C26H36N2O12.C11H17NO4.C4H4Cl2O4.CH4/c1-5-17-15-25(17,19(29)35-7-3)21(31)37-11-9-27-23(33)39-13-14-40-24(34)28-10-12-38-22(32)26(16-18(26)6-2)20(30)36-8-4;1-3-8-7-11(8,9(13)15-4-2)10(14)16-6-5-12;5-3(7)9-1-2-10-4(6)8;/h5-6,17-18H,1-2,7-16H2,3-4H3,(H,27,33)(H,28,34);3,8H,1,4-7,12H2,2H3;1-2H2;1H4. The zero-order valence-corrected chi connectivity index (χ0v) is 38.4. The maximum absolute atomic E-state index is 12.4. The van der Waals surface area contributed by atoms with Crippen LogP contribution in [0.3, 0.4) is 0 Å². The third-order valence-electron chi connectivity index (χ3n) is 9.53. The van der Waals surface area contributed by atoms with E-state index < -0.39 is 75.1 Å². The molecule has 25 heteroatoms. The van der Waals surface area contributed by atoms with Crippen LogP contribution in [0.1, 0.15) is 47.5 Å². The molecule has 0 bridgehead atoms. The number of hydrogen-bond acceptors (Lipinski definition) is 21. The molecular formula is C42H61Cl2N3O20. The molecule has 67 heavy (non-hydrogen) atoms. The van der Waals surface area contributed by atoms with Gasteiger partial charge in [-0.2, -0.15) is 0 Å². The number of halogens is 2. The Morgan fingerprint density at radius 3 is 0.985 bits per heavy atom. The largest absolute Gasteiger partial charge is 0.465 e. The molecule has 0 aromatic heterocycles. The van der Waals surface area contributed by atoms with Crippen molar-refractivity contribution in [3.8, 4) is 0 Å². The van der Waals surface area contributed by atoms with Gasteiger partial charge in [0.1, 0.15) is 46.2 Å². The second-order valence-corrected chi connectivity index (χ2v) is 14.3. The summed E-state index contributed by atoms with van der Waals surface area (Å²) < 4.78 is 48.0. The Bertz CT molecular complexity index is 1670. The molecule has 4 N–H and O–H groups in total. The lowest BCUT2D eigenvalue weighted by atomic mass is 10.0. The van der Waals surface area contributed by atoms with E-state index in [-0.39, 0.29) is 124 Å². The lowest BCUT2D eigenvalue weighted by Crippen LogP contribution is -2.35. The lowest BCUT2D eigenvalue weighted by Gasteiger charge is -2.15. The minimum Gasteiger partial charge on any atom is -0.465 e. The molecule has 0 heterocycles. The van der Waals surface area contributed by atoms with Crippen LogP contribution >= 0.6 is 23.2 Å². The Hall–Kier alpha value is -5.94. The van der Waals surface area contributed by atoms with Gasteiger partial charge in [-0.15, -0.1) is 19.7 Å². The molecule has 0 radical (unpaired) electrons. The lowest BCUT2D eigenvalue weighted by molar-refractivity contribution is -0.166. The van der Waals surface area contributed by atoms with E-state index in [0.717, 1.165) is 0 Å². The number of carbonyl (C=O) groups excluding carboxylic acids is 10. The van der Waals surface area contributed by atoms with Crippen LogP contribution in [0.4, 0.5) is 19.2 Å². The summed E-state index contributed by atoms with van der Waals surface area (Å²) in [4.78, 5) is 116. The second-order valence-electron chi connectivity index (χ2n) is 13.7. The summed E-state index contributed by atoms with van der Waals surface area (Å²) in [5.74, 6) is -4.80. The van der Waals surface area contributed by atoms with Gasteiger partial charge in [0.05, 0.1) is 32.9 Å². The van der Waals surface area contributed by atoms with Crippen LogP contribution in [0.15, 0.2) is 38.0 Å². The highest BCUT2D eigenvalue weighted by atomic mass is 35.5. The van der Waals surface area contributed by atoms with Crippen LogP contribution in [0.2, 0.25) is 0 Å². The molecule has 0 aromatic rings. The molecule has 3 rings (SSSR count). The first-order valence-electron chi connectivity index (χ1n) is 20.5. The summed E-state index contributed by atoms with van der Waals surface area (Å²) in [5, 5.41) is 4.70. The molecule has 378 valence electrons. The van der Waals surface area contributed by atoms with Gasteiger partial charge in [-0.1, -0.05) is 25.7 Å². The Morgan fingerprint density at radius 1 is 0.478 bits per heavy atom. The number of nitrogens with two attached hydrogens (primary N) is 1. The average Bonchev–Trinajstić information content (AvgIpc) is 4.21. The van der Waals surface area contributed by atoms with Crippen molar-refractivity contribution in [2.45, 2.75) is 47.5 Å². The highest BCUT2D eigenvalue weighted by molar-refractivity contribution is 6.61. The first-order chi connectivity index (χ1) is 31.4. The number of amides is 2. The highest BCUT2D eigenvalue weighted by Crippen LogP contribution is 2.56. The maximum atomic E-state index is 12.4. The molecule has 0 spiro atoms. The van der Waals surface area contributed by atoms with Crippen molar-refractivity contribution in [1.29, 1.82) is 0 Å². The first kappa shape index (κ1) is 61.1. The van der Waals surface area contributed by atoms with E-state index in [4.69, 9.17) is 66.8 Å². The Morgan fingerprint density at radius 2 is 0.746 bits per heavy atom. The molecule has 3 aliphatic rings. The molecule has 0 aliphatic heterocycles. The van der Waals surface area contributed by atoms with Gasteiger partial charge < -0.3 is 63.7 Å². The zero-order chi connectivity index (χ0) is 49.9. The van der Waals surface area contributed by atoms with Gasteiger partial charge in [0, 0.05) is 47.5 Å².